The molecule has 0 atom stereocenters. The lowest BCUT2D eigenvalue weighted by Crippen LogP contribution is -2.13. The van der Waals surface area contributed by atoms with Crippen LogP contribution in [-0.4, -0.2) is 37.7 Å². The summed E-state index contributed by atoms with van der Waals surface area (Å²) in [5.41, 5.74) is 0.271. The minimum atomic E-state index is -0.700. The van der Waals surface area contributed by atoms with Crippen molar-refractivity contribution < 1.29 is 28.6 Å². The van der Waals surface area contributed by atoms with E-state index >= 15 is 0 Å². The number of ether oxygens (including phenoxy) is 3. The molecular weight excluding hydrogens is 288 g/mol. The van der Waals surface area contributed by atoms with Gasteiger partial charge in [-0.15, -0.1) is 0 Å². The first-order valence-electron chi connectivity index (χ1n) is 7.31. The highest BCUT2D eigenvalue weighted by atomic mass is 16.6. The quantitative estimate of drug-likeness (QED) is 0.252. The van der Waals surface area contributed by atoms with Crippen LogP contribution in [0.3, 0.4) is 0 Å². The Hall–Kier alpha value is -2.11. The molecule has 0 bridgehead atoms. The first-order chi connectivity index (χ1) is 10.5. The van der Waals surface area contributed by atoms with E-state index in [1.165, 1.54) is 6.92 Å². The number of unbranched alkanes of at least 4 members (excludes halogenated alkanes) is 3. The minimum absolute atomic E-state index is 0.0624. The van der Waals surface area contributed by atoms with Crippen molar-refractivity contribution >= 4 is 17.9 Å². The average molecular weight is 312 g/mol. The Morgan fingerprint density at radius 1 is 0.864 bits per heavy atom. The van der Waals surface area contributed by atoms with Crippen LogP contribution in [0.4, 0.5) is 0 Å². The fourth-order valence-electron chi connectivity index (χ4n) is 1.33. The number of carbonyl (C=O) groups is 3. The SMILES string of the molecule is C=C(C)C(=O)OCCOC(=O)C=CC(=O)OCCCCCC. The molecule has 0 saturated carbocycles. The molecule has 0 aromatic heterocycles. The van der Waals surface area contributed by atoms with Gasteiger partial charge in [-0.05, 0) is 13.3 Å². The molecule has 6 nitrogen and oxygen atoms in total. The van der Waals surface area contributed by atoms with Crippen LogP contribution in [-0.2, 0) is 28.6 Å². The van der Waals surface area contributed by atoms with Crippen LogP contribution in [0.1, 0.15) is 39.5 Å². The molecule has 0 aliphatic carbocycles. The molecule has 22 heavy (non-hydrogen) atoms. The summed E-state index contributed by atoms with van der Waals surface area (Å²) >= 11 is 0. The monoisotopic (exact) mass is 312 g/mol. The topological polar surface area (TPSA) is 78.9 Å². The molecule has 0 spiro atoms. The van der Waals surface area contributed by atoms with Crippen LogP contribution in [0, 0.1) is 0 Å². The smallest absolute Gasteiger partial charge is 0.333 e. The van der Waals surface area contributed by atoms with Crippen molar-refractivity contribution in [2.24, 2.45) is 0 Å². The zero-order chi connectivity index (χ0) is 16.8. The molecule has 0 saturated heterocycles. The van der Waals surface area contributed by atoms with Crippen molar-refractivity contribution in [2.75, 3.05) is 19.8 Å². The maximum absolute atomic E-state index is 11.3. The molecule has 0 N–H and O–H groups in total. The van der Waals surface area contributed by atoms with E-state index in [1.54, 1.807) is 0 Å². The van der Waals surface area contributed by atoms with E-state index < -0.39 is 17.9 Å². The Bertz CT molecular complexity index is 411. The van der Waals surface area contributed by atoms with E-state index in [0.29, 0.717) is 6.61 Å². The lowest BCUT2D eigenvalue weighted by molar-refractivity contribution is -0.146. The second-order valence-corrected chi connectivity index (χ2v) is 4.65. The number of hydrogen-bond acceptors (Lipinski definition) is 6. The Labute approximate surface area is 131 Å². The minimum Gasteiger partial charge on any atom is -0.463 e. The highest BCUT2D eigenvalue weighted by Crippen LogP contribution is 1.99. The molecule has 0 aromatic rings. The van der Waals surface area contributed by atoms with Gasteiger partial charge in [0.25, 0.3) is 0 Å². The molecule has 0 aromatic carbocycles. The van der Waals surface area contributed by atoms with Gasteiger partial charge in [0.05, 0.1) is 6.61 Å². The number of carbonyl (C=O) groups excluding carboxylic acids is 3. The Morgan fingerprint density at radius 3 is 1.95 bits per heavy atom. The molecule has 0 radical (unpaired) electrons. The van der Waals surface area contributed by atoms with Crippen molar-refractivity contribution in [3.05, 3.63) is 24.3 Å². The maximum atomic E-state index is 11.3. The number of rotatable bonds is 11. The molecule has 124 valence electrons. The second-order valence-electron chi connectivity index (χ2n) is 4.65. The van der Waals surface area contributed by atoms with Crippen molar-refractivity contribution in [3.8, 4) is 0 Å². The van der Waals surface area contributed by atoms with Gasteiger partial charge in [-0.25, -0.2) is 14.4 Å². The van der Waals surface area contributed by atoms with Gasteiger partial charge < -0.3 is 14.2 Å². The normalized spacial score (nSPS) is 10.3. The first kappa shape index (κ1) is 19.9. The van der Waals surface area contributed by atoms with Gasteiger partial charge in [0.1, 0.15) is 13.2 Å². The Morgan fingerprint density at radius 2 is 1.41 bits per heavy atom. The van der Waals surface area contributed by atoms with Crippen molar-refractivity contribution in [1.82, 2.24) is 0 Å². The van der Waals surface area contributed by atoms with Crippen LogP contribution in [0.5, 0.6) is 0 Å². The van der Waals surface area contributed by atoms with Gasteiger partial charge in [-0.3, -0.25) is 0 Å². The van der Waals surface area contributed by atoms with E-state index in [9.17, 15) is 14.4 Å². The summed E-state index contributed by atoms with van der Waals surface area (Å²) in [7, 11) is 0. The third kappa shape index (κ3) is 11.7. The van der Waals surface area contributed by atoms with Gasteiger partial charge in [-0.1, -0.05) is 32.8 Å². The summed E-state index contributed by atoms with van der Waals surface area (Å²) in [6.45, 7) is 7.22. The van der Waals surface area contributed by atoms with Gasteiger partial charge in [0.15, 0.2) is 0 Å². The molecule has 0 amide bonds. The summed E-state index contributed by atoms with van der Waals surface area (Å²) in [4.78, 5) is 33.6. The predicted molar refractivity (Wildman–Crippen MR) is 81.0 cm³/mol. The van der Waals surface area contributed by atoms with E-state index in [0.717, 1.165) is 37.8 Å². The van der Waals surface area contributed by atoms with Gasteiger partial charge in [0, 0.05) is 17.7 Å². The van der Waals surface area contributed by atoms with E-state index in [1.807, 2.05) is 0 Å². The first-order valence-corrected chi connectivity index (χ1v) is 7.31. The molecule has 0 aliphatic heterocycles. The molecular formula is C16H24O6. The summed E-state index contributed by atoms with van der Waals surface area (Å²) in [6, 6.07) is 0. The summed E-state index contributed by atoms with van der Waals surface area (Å²) in [5, 5.41) is 0. The van der Waals surface area contributed by atoms with Gasteiger partial charge in [-0.2, -0.15) is 0 Å². The van der Waals surface area contributed by atoms with E-state index in [2.05, 4.69) is 13.5 Å². The summed E-state index contributed by atoms with van der Waals surface area (Å²) < 4.78 is 14.4. The molecule has 0 aliphatic rings. The molecule has 0 heterocycles. The van der Waals surface area contributed by atoms with E-state index in [-0.39, 0.29) is 18.8 Å². The lowest BCUT2D eigenvalue weighted by Gasteiger charge is -2.04. The fraction of sp³-hybridized carbons (Fsp3) is 0.562. The maximum Gasteiger partial charge on any atom is 0.333 e. The highest BCUT2D eigenvalue weighted by Gasteiger charge is 2.04. The average Bonchev–Trinajstić information content (AvgIpc) is 2.48. The number of hydrogen-bond donors (Lipinski definition) is 0. The molecule has 0 unspecified atom stereocenters. The largest absolute Gasteiger partial charge is 0.463 e. The summed E-state index contributed by atoms with van der Waals surface area (Å²) in [5.74, 6) is -1.82. The van der Waals surface area contributed by atoms with Crippen LogP contribution < -0.4 is 0 Å². The van der Waals surface area contributed by atoms with Crippen LogP contribution in [0.15, 0.2) is 24.3 Å². The van der Waals surface area contributed by atoms with Crippen molar-refractivity contribution in [2.45, 2.75) is 39.5 Å². The highest BCUT2D eigenvalue weighted by molar-refractivity contribution is 5.91. The second kappa shape index (κ2) is 12.6. The Balaban J connectivity index is 3.70. The molecule has 0 fully saturated rings. The number of esters is 3. The van der Waals surface area contributed by atoms with E-state index in [4.69, 9.17) is 14.2 Å². The standard InChI is InChI=1S/C16H24O6/c1-4-5-6-7-10-20-14(17)8-9-15(18)21-11-12-22-16(19)13(2)3/h8-9H,2,4-7,10-12H2,1,3H3. The predicted octanol–water partition coefficient (Wildman–Crippen LogP) is 2.33. The fourth-order valence-corrected chi connectivity index (χ4v) is 1.33. The van der Waals surface area contributed by atoms with Crippen molar-refractivity contribution in [3.63, 3.8) is 0 Å². The lowest BCUT2D eigenvalue weighted by atomic mass is 10.2. The van der Waals surface area contributed by atoms with Crippen LogP contribution >= 0.6 is 0 Å². The zero-order valence-corrected chi connectivity index (χ0v) is 13.3. The van der Waals surface area contributed by atoms with Crippen LogP contribution in [0.2, 0.25) is 0 Å². The Kier molecular flexibility index (Phi) is 11.4. The summed E-state index contributed by atoms with van der Waals surface area (Å²) in [6.07, 6.45) is 6.04. The third-order valence-corrected chi connectivity index (χ3v) is 2.51. The molecule has 6 heteroatoms. The zero-order valence-electron chi connectivity index (χ0n) is 13.3. The van der Waals surface area contributed by atoms with Crippen LogP contribution in [0.25, 0.3) is 0 Å². The molecule has 0 rings (SSSR count). The van der Waals surface area contributed by atoms with Crippen molar-refractivity contribution in [1.29, 1.82) is 0 Å². The third-order valence-electron chi connectivity index (χ3n) is 2.51. The van der Waals surface area contributed by atoms with Gasteiger partial charge >= 0.3 is 17.9 Å². The van der Waals surface area contributed by atoms with Gasteiger partial charge in [0.2, 0.25) is 0 Å².